The summed E-state index contributed by atoms with van der Waals surface area (Å²) in [6, 6.07) is -0.0676. The molecule has 0 saturated heterocycles. The Morgan fingerprint density at radius 1 is 1.35 bits per heavy atom. The first-order valence-electron chi connectivity index (χ1n) is 8.61. The van der Waals surface area contributed by atoms with Gasteiger partial charge >= 0.3 is 0 Å². The van der Waals surface area contributed by atoms with Gasteiger partial charge in [-0.15, -0.1) is 0 Å². The number of fused-ring (bicyclic) bond motifs is 1. The van der Waals surface area contributed by atoms with Gasteiger partial charge in [-0.2, -0.15) is 0 Å². The highest BCUT2D eigenvalue weighted by Crippen LogP contribution is 2.27. The summed E-state index contributed by atoms with van der Waals surface area (Å²) in [7, 11) is -1.28. The fourth-order valence-electron chi connectivity index (χ4n) is 3.59. The standard InChI is InChI=1S/C17H24N4O4S/c1-9-13(10(2)18-16-15(9)17(23)20-21(16)3)5-6-14(22)19-11-7-12(8-11)26(4,24)25/h11-12H,5-8H2,1-4H3,(H,19,22)(H,20,23). The maximum Gasteiger partial charge on any atom is 0.273 e. The average molecular weight is 380 g/mol. The number of rotatable bonds is 5. The van der Waals surface area contributed by atoms with Crippen LogP contribution in [0.5, 0.6) is 0 Å². The van der Waals surface area contributed by atoms with Crippen LogP contribution in [0.4, 0.5) is 0 Å². The quantitative estimate of drug-likeness (QED) is 0.784. The van der Waals surface area contributed by atoms with E-state index >= 15 is 0 Å². The van der Waals surface area contributed by atoms with Crippen molar-refractivity contribution in [3.05, 3.63) is 27.2 Å². The first-order chi connectivity index (χ1) is 12.1. The predicted octanol–water partition coefficient (Wildman–Crippen LogP) is 0.503. The van der Waals surface area contributed by atoms with Gasteiger partial charge in [0, 0.05) is 31.5 Å². The zero-order chi connectivity index (χ0) is 19.2. The van der Waals surface area contributed by atoms with Crippen LogP contribution >= 0.6 is 0 Å². The van der Waals surface area contributed by atoms with Crippen molar-refractivity contribution in [3.63, 3.8) is 0 Å². The molecule has 1 aliphatic carbocycles. The van der Waals surface area contributed by atoms with E-state index in [1.54, 1.807) is 11.7 Å². The zero-order valence-electron chi connectivity index (χ0n) is 15.4. The zero-order valence-corrected chi connectivity index (χ0v) is 16.2. The van der Waals surface area contributed by atoms with E-state index in [0.29, 0.717) is 30.3 Å². The number of aromatic amines is 1. The van der Waals surface area contributed by atoms with Gasteiger partial charge < -0.3 is 5.32 Å². The summed E-state index contributed by atoms with van der Waals surface area (Å²) >= 11 is 0. The second kappa shape index (κ2) is 6.53. The molecular formula is C17H24N4O4S. The molecule has 9 heteroatoms. The summed E-state index contributed by atoms with van der Waals surface area (Å²) < 4.78 is 24.4. The van der Waals surface area contributed by atoms with E-state index in [4.69, 9.17) is 0 Å². The van der Waals surface area contributed by atoms with E-state index in [2.05, 4.69) is 15.4 Å². The maximum atomic E-state index is 12.2. The van der Waals surface area contributed by atoms with Crippen molar-refractivity contribution < 1.29 is 13.2 Å². The molecule has 2 aromatic heterocycles. The van der Waals surface area contributed by atoms with Crippen LogP contribution in [-0.4, -0.2) is 46.6 Å². The smallest absolute Gasteiger partial charge is 0.273 e. The van der Waals surface area contributed by atoms with Gasteiger partial charge in [0.2, 0.25) is 5.91 Å². The van der Waals surface area contributed by atoms with Crippen LogP contribution in [0, 0.1) is 13.8 Å². The first-order valence-corrected chi connectivity index (χ1v) is 10.6. The Balaban J connectivity index is 1.66. The lowest BCUT2D eigenvalue weighted by Crippen LogP contribution is -2.49. The molecule has 142 valence electrons. The van der Waals surface area contributed by atoms with E-state index in [0.717, 1.165) is 16.8 Å². The van der Waals surface area contributed by atoms with Gasteiger partial charge in [0.1, 0.15) is 9.84 Å². The average Bonchev–Trinajstić information content (AvgIpc) is 2.75. The van der Waals surface area contributed by atoms with Crippen LogP contribution in [0.1, 0.15) is 36.1 Å². The fraction of sp³-hybridized carbons (Fsp3) is 0.588. The van der Waals surface area contributed by atoms with Crippen LogP contribution in [0.2, 0.25) is 0 Å². The molecule has 2 aromatic rings. The van der Waals surface area contributed by atoms with Crippen LogP contribution in [0.25, 0.3) is 11.0 Å². The first kappa shape index (κ1) is 18.6. The number of amides is 1. The second-order valence-corrected chi connectivity index (χ2v) is 9.51. The van der Waals surface area contributed by atoms with Gasteiger partial charge in [0.05, 0.1) is 10.6 Å². The van der Waals surface area contributed by atoms with E-state index in [1.165, 1.54) is 6.26 Å². The highest BCUT2D eigenvalue weighted by Gasteiger charge is 2.36. The fourth-order valence-corrected chi connectivity index (χ4v) is 4.75. The van der Waals surface area contributed by atoms with Crippen LogP contribution in [-0.2, 0) is 28.1 Å². The Morgan fingerprint density at radius 3 is 2.62 bits per heavy atom. The third-order valence-corrected chi connectivity index (χ3v) is 6.84. The Hall–Kier alpha value is -2.16. The molecular weight excluding hydrogens is 356 g/mol. The topological polar surface area (TPSA) is 114 Å². The molecule has 1 saturated carbocycles. The molecule has 2 N–H and O–H groups in total. The van der Waals surface area contributed by atoms with Crippen LogP contribution in [0.15, 0.2) is 4.79 Å². The van der Waals surface area contributed by atoms with Gasteiger partial charge in [-0.1, -0.05) is 0 Å². The molecule has 2 heterocycles. The molecule has 0 radical (unpaired) electrons. The van der Waals surface area contributed by atoms with Gasteiger partial charge in [0.15, 0.2) is 5.65 Å². The molecule has 0 spiro atoms. The number of pyridine rings is 1. The highest BCUT2D eigenvalue weighted by molar-refractivity contribution is 7.91. The summed E-state index contributed by atoms with van der Waals surface area (Å²) in [4.78, 5) is 28.8. The summed E-state index contributed by atoms with van der Waals surface area (Å²) in [6.07, 6.45) is 2.96. The van der Waals surface area contributed by atoms with Crippen molar-refractivity contribution in [1.82, 2.24) is 20.1 Å². The Labute approximate surface area is 151 Å². The van der Waals surface area contributed by atoms with Crippen molar-refractivity contribution in [2.45, 2.75) is 50.8 Å². The number of carbonyl (C=O) groups excluding carboxylic acids is 1. The SMILES string of the molecule is Cc1nc2c(c(C)c1CCC(=O)NC1CC(S(C)(=O)=O)C1)c(=O)[nH]n2C. The number of hydrogen-bond donors (Lipinski definition) is 2. The molecule has 0 atom stereocenters. The van der Waals surface area contributed by atoms with Crippen molar-refractivity contribution in [2.75, 3.05) is 6.26 Å². The Morgan fingerprint density at radius 2 is 2.00 bits per heavy atom. The lowest BCUT2D eigenvalue weighted by Gasteiger charge is -2.34. The number of carbonyl (C=O) groups is 1. The lowest BCUT2D eigenvalue weighted by atomic mass is 9.92. The van der Waals surface area contributed by atoms with E-state index in [9.17, 15) is 18.0 Å². The van der Waals surface area contributed by atoms with Gasteiger partial charge in [-0.3, -0.25) is 19.4 Å². The molecule has 8 nitrogen and oxygen atoms in total. The molecule has 26 heavy (non-hydrogen) atoms. The number of aromatic nitrogens is 3. The van der Waals surface area contributed by atoms with E-state index < -0.39 is 9.84 Å². The monoisotopic (exact) mass is 380 g/mol. The largest absolute Gasteiger partial charge is 0.353 e. The van der Waals surface area contributed by atoms with Crippen LogP contribution < -0.4 is 10.9 Å². The summed E-state index contributed by atoms with van der Waals surface area (Å²) in [5.74, 6) is -0.109. The number of nitrogens with zero attached hydrogens (tertiary/aromatic N) is 2. The molecule has 0 aromatic carbocycles. The number of H-pyrrole nitrogens is 1. The summed E-state index contributed by atoms with van der Waals surface area (Å²) in [5.41, 5.74) is 2.99. The lowest BCUT2D eigenvalue weighted by molar-refractivity contribution is -0.122. The Bertz CT molecular complexity index is 1030. The molecule has 1 aliphatic rings. The van der Waals surface area contributed by atoms with Gasteiger partial charge in [-0.25, -0.2) is 13.4 Å². The normalized spacial score (nSPS) is 20.2. The number of nitrogens with one attached hydrogen (secondary N) is 2. The molecule has 0 unspecified atom stereocenters. The second-order valence-electron chi connectivity index (χ2n) is 7.19. The highest BCUT2D eigenvalue weighted by atomic mass is 32.2. The minimum atomic E-state index is -3.02. The minimum absolute atomic E-state index is 0.0676. The predicted molar refractivity (Wildman–Crippen MR) is 98.9 cm³/mol. The molecule has 0 aliphatic heterocycles. The number of aryl methyl sites for hydroxylation is 3. The minimum Gasteiger partial charge on any atom is -0.353 e. The van der Waals surface area contributed by atoms with Crippen molar-refractivity contribution in [1.29, 1.82) is 0 Å². The summed E-state index contributed by atoms with van der Waals surface area (Å²) in [6.45, 7) is 3.75. The van der Waals surface area contributed by atoms with Crippen LogP contribution in [0.3, 0.4) is 0 Å². The van der Waals surface area contributed by atoms with E-state index in [1.807, 2.05) is 13.8 Å². The van der Waals surface area contributed by atoms with Crippen molar-refractivity contribution >= 4 is 26.8 Å². The Kier molecular flexibility index (Phi) is 4.68. The van der Waals surface area contributed by atoms with Crippen molar-refractivity contribution in [2.24, 2.45) is 7.05 Å². The van der Waals surface area contributed by atoms with E-state index in [-0.39, 0.29) is 29.2 Å². The number of sulfone groups is 1. The molecule has 1 fully saturated rings. The third-order valence-electron chi connectivity index (χ3n) is 5.24. The number of hydrogen-bond acceptors (Lipinski definition) is 5. The summed E-state index contributed by atoms with van der Waals surface area (Å²) in [5, 5.41) is 5.81. The molecule has 3 rings (SSSR count). The molecule has 1 amide bonds. The third kappa shape index (κ3) is 3.40. The maximum absolute atomic E-state index is 12.2. The van der Waals surface area contributed by atoms with Gasteiger partial charge in [0.25, 0.3) is 5.56 Å². The molecule has 0 bridgehead atoms. The van der Waals surface area contributed by atoms with Crippen molar-refractivity contribution in [3.8, 4) is 0 Å². The van der Waals surface area contributed by atoms with Gasteiger partial charge in [-0.05, 0) is 44.2 Å².